The van der Waals surface area contributed by atoms with E-state index in [2.05, 4.69) is 21.2 Å². The largest absolute Gasteiger partial charge is 0.493 e. The number of amides is 1. The zero-order valence-corrected chi connectivity index (χ0v) is 18.1. The van der Waals surface area contributed by atoms with Gasteiger partial charge in [-0.25, -0.2) is 4.79 Å². The van der Waals surface area contributed by atoms with Crippen LogP contribution in [-0.2, 0) is 0 Å². The number of carbonyl (C=O) groups is 2. The lowest BCUT2D eigenvalue weighted by Crippen LogP contribution is -2.11. The van der Waals surface area contributed by atoms with Crippen LogP contribution < -0.4 is 19.5 Å². The molecule has 150 valence electrons. The average molecular weight is 476 g/mol. The lowest BCUT2D eigenvalue weighted by atomic mass is 10.2. The molecule has 3 aromatic rings. The van der Waals surface area contributed by atoms with Gasteiger partial charge >= 0.3 is 5.97 Å². The number of nitrogens with one attached hydrogen (secondary N) is 1. The minimum atomic E-state index is -0.539. The Morgan fingerprint density at radius 2 is 1.90 bits per heavy atom. The predicted octanol–water partition coefficient (Wildman–Crippen LogP) is 5.39. The van der Waals surface area contributed by atoms with Gasteiger partial charge in [0.15, 0.2) is 11.5 Å². The fraction of sp³-hybridized carbons (Fsp3) is 0.143. The molecule has 0 unspecified atom stereocenters. The molecule has 1 heterocycles. The fourth-order valence-electron chi connectivity index (χ4n) is 2.49. The number of anilines is 1. The molecule has 0 radical (unpaired) electrons. The third kappa shape index (κ3) is 5.16. The van der Waals surface area contributed by atoms with E-state index in [-0.39, 0.29) is 5.91 Å². The van der Waals surface area contributed by atoms with Crippen molar-refractivity contribution in [2.75, 3.05) is 19.0 Å². The van der Waals surface area contributed by atoms with E-state index in [1.165, 1.54) is 18.4 Å². The van der Waals surface area contributed by atoms with Gasteiger partial charge in [0.1, 0.15) is 5.75 Å². The highest BCUT2D eigenvalue weighted by Crippen LogP contribution is 2.37. The summed E-state index contributed by atoms with van der Waals surface area (Å²) >= 11 is 4.75. The molecule has 1 amide bonds. The first-order valence-electron chi connectivity index (χ1n) is 8.69. The quantitative estimate of drug-likeness (QED) is 0.366. The van der Waals surface area contributed by atoms with E-state index in [9.17, 15) is 9.59 Å². The Hall–Kier alpha value is -2.84. The van der Waals surface area contributed by atoms with Gasteiger partial charge in [-0.3, -0.25) is 4.79 Å². The minimum Gasteiger partial charge on any atom is -0.493 e. The van der Waals surface area contributed by atoms with Crippen molar-refractivity contribution in [2.24, 2.45) is 0 Å². The van der Waals surface area contributed by atoms with Crippen molar-refractivity contribution in [3.63, 3.8) is 0 Å². The van der Waals surface area contributed by atoms with Crippen LogP contribution in [0.5, 0.6) is 17.2 Å². The zero-order chi connectivity index (χ0) is 20.8. The third-order valence-corrected chi connectivity index (χ3v) is 5.28. The Bertz CT molecular complexity index is 1000. The van der Waals surface area contributed by atoms with Crippen LogP contribution in [0.25, 0.3) is 0 Å². The predicted molar refractivity (Wildman–Crippen MR) is 116 cm³/mol. The smallest absolute Gasteiger partial charge is 0.343 e. The molecule has 0 aliphatic rings. The summed E-state index contributed by atoms with van der Waals surface area (Å²) in [5, 5.41) is 4.63. The van der Waals surface area contributed by atoms with Crippen molar-refractivity contribution in [3.05, 3.63) is 68.8 Å². The molecule has 1 aromatic heterocycles. The maximum atomic E-state index is 12.5. The topological polar surface area (TPSA) is 73.9 Å². The van der Waals surface area contributed by atoms with E-state index in [1.807, 2.05) is 18.4 Å². The molecule has 8 heteroatoms. The van der Waals surface area contributed by atoms with Crippen LogP contribution >= 0.6 is 27.3 Å². The summed E-state index contributed by atoms with van der Waals surface area (Å²) < 4.78 is 16.8. The van der Waals surface area contributed by atoms with Crippen molar-refractivity contribution < 1.29 is 23.8 Å². The van der Waals surface area contributed by atoms with Crippen molar-refractivity contribution in [1.82, 2.24) is 0 Å². The summed E-state index contributed by atoms with van der Waals surface area (Å²) in [5.41, 5.74) is 0.918. The van der Waals surface area contributed by atoms with Crippen LogP contribution in [0.3, 0.4) is 0 Å². The highest BCUT2D eigenvalue weighted by Gasteiger charge is 2.17. The van der Waals surface area contributed by atoms with E-state index >= 15 is 0 Å². The van der Waals surface area contributed by atoms with E-state index in [0.717, 1.165) is 0 Å². The Labute approximate surface area is 180 Å². The second kappa shape index (κ2) is 9.58. The number of ether oxygens (including phenoxy) is 3. The number of methoxy groups -OCH3 is 1. The van der Waals surface area contributed by atoms with Gasteiger partial charge in [-0.05, 0) is 70.7 Å². The van der Waals surface area contributed by atoms with Crippen LogP contribution in [0.1, 0.15) is 27.0 Å². The molecule has 0 saturated carbocycles. The summed E-state index contributed by atoms with van der Waals surface area (Å²) in [6.07, 6.45) is 0. The van der Waals surface area contributed by atoms with Crippen LogP contribution in [-0.4, -0.2) is 25.6 Å². The molecule has 0 saturated heterocycles. The normalized spacial score (nSPS) is 10.3. The lowest BCUT2D eigenvalue weighted by Gasteiger charge is -2.13. The molecule has 0 atom stereocenters. The van der Waals surface area contributed by atoms with Gasteiger partial charge in [0.2, 0.25) is 0 Å². The number of esters is 1. The number of hydrogen-bond donors (Lipinski definition) is 1. The first kappa shape index (κ1) is 20.9. The minimum absolute atomic E-state index is 0.184. The standard InChI is InChI=1S/C21H18BrNO5S/c1-3-27-19-16(22)11-13(12-17(19)26-2)21(25)28-15-8-6-14(7-9-15)23-20(24)18-5-4-10-29-18/h4-12H,3H2,1-2H3,(H,23,24). The second-order valence-electron chi connectivity index (χ2n) is 5.77. The molecular formula is C21H18BrNO5S. The third-order valence-electron chi connectivity index (χ3n) is 3.82. The Morgan fingerprint density at radius 1 is 1.14 bits per heavy atom. The Morgan fingerprint density at radius 3 is 2.52 bits per heavy atom. The molecule has 1 N–H and O–H groups in total. The highest BCUT2D eigenvalue weighted by atomic mass is 79.9. The summed E-state index contributed by atoms with van der Waals surface area (Å²) in [6, 6.07) is 13.3. The number of thiophene rings is 1. The summed E-state index contributed by atoms with van der Waals surface area (Å²) in [7, 11) is 1.50. The van der Waals surface area contributed by atoms with Crippen molar-refractivity contribution in [1.29, 1.82) is 0 Å². The first-order valence-corrected chi connectivity index (χ1v) is 10.4. The van der Waals surface area contributed by atoms with Crippen LogP contribution in [0, 0.1) is 0 Å². The number of benzene rings is 2. The van der Waals surface area contributed by atoms with Gasteiger partial charge in [-0.1, -0.05) is 6.07 Å². The number of rotatable bonds is 7. The molecule has 0 bridgehead atoms. The first-order chi connectivity index (χ1) is 14.0. The lowest BCUT2D eigenvalue weighted by molar-refractivity contribution is 0.0734. The highest BCUT2D eigenvalue weighted by molar-refractivity contribution is 9.10. The maximum Gasteiger partial charge on any atom is 0.343 e. The molecule has 2 aromatic carbocycles. The van der Waals surface area contributed by atoms with Crippen molar-refractivity contribution >= 4 is 44.8 Å². The van der Waals surface area contributed by atoms with Crippen LogP contribution in [0.15, 0.2) is 58.4 Å². The average Bonchev–Trinajstić information content (AvgIpc) is 3.26. The zero-order valence-electron chi connectivity index (χ0n) is 15.7. The summed E-state index contributed by atoms with van der Waals surface area (Å²) in [4.78, 5) is 25.2. The summed E-state index contributed by atoms with van der Waals surface area (Å²) in [6.45, 7) is 2.33. The Balaban J connectivity index is 1.69. The molecule has 0 spiro atoms. The monoisotopic (exact) mass is 475 g/mol. The maximum absolute atomic E-state index is 12.5. The number of carbonyl (C=O) groups excluding carboxylic acids is 2. The van der Waals surface area contributed by atoms with Gasteiger partial charge in [0, 0.05) is 5.69 Å². The van der Waals surface area contributed by atoms with Gasteiger partial charge in [0.25, 0.3) is 5.91 Å². The molecule has 0 aliphatic heterocycles. The van der Waals surface area contributed by atoms with Crippen molar-refractivity contribution in [3.8, 4) is 17.2 Å². The van der Waals surface area contributed by atoms with E-state index in [0.29, 0.717) is 44.5 Å². The molecule has 3 rings (SSSR count). The van der Waals surface area contributed by atoms with E-state index in [4.69, 9.17) is 14.2 Å². The fourth-order valence-corrected chi connectivity index (χ4v) is 3.67. The van der Waals surface area contributed by atoms with Crippen LogP contribution in [0.2, 0.25) is 0 Å². The Kier molecular flexibility index (Phi) is 6.90. The number of halogens is 1. The summed E-state index contributed by atoms with van der Waals surface area (Å²) in [5.74, 6) is 0.587. The molecule has 0 fully saturated rings. The number of hydrogen-bond acceptors (Lipinski definition) is 6. The van der Waals surface area contributed by atoms with Crippen LogP contribution in [0.4, 0.5) is 5.69 Å². The SMILES string of the molecule is CCOc1c(Br)cc(C(=O)Oc2ccc(NC(=O)c3cccs3)cc2)cc1OC. The van der Waals surface area contributed by atoms with E-state index in [1.54, 1.807) is 42.5 Å². The second-order valence-corrected chi connectivity index (χ2v) is 7.57. The molecule has 6 nitrogen and oxygen atoms in total. The van der Waals surface area contributed by atoms with E-state index < -0.39 is 5.97 Å². The van der Waals surface area contributed by atoms with Gasteiger partial charge < -0.3 is 19.5 Å². The van der Waals surface area contributed by atoms with Crippen molar-refractivity contribution in [2.45, 2.75) is 6.92 Å². The molecule has 29 heavy (non-hydrogen) atoms. The molecular weight excluding hydrogens is 458 g/mol. The van der Waals surface area contributed by atoms with Gasteiger partial charge in [-0.2, -0.15) is 0 Å². The molecule has 0 aliphatic carbocycles. The van der Waals surface area contributed by atoms with Gasteiger partial charge in [-0.15, -0.1) is 11.3 Å². The van der Waals surface area contributed by atoms with Gasteiger partial charge in [0.05, 0.1) is 28.6 Å².